The van der Waals surface area contributed by atoms with Crippen molar-refractivity contribution in [3.63, 3.8) is 0 Å². The Balaban J connectivity index is 1.60. The number of hydrogen-bond acceptors (Lipinski definition) is 5. The van der Waals surface area contributed by atoms with Gasteiger partial charge in [0, 0.05) is 11.4 Å². The first-order chi connectivity index (χ1) is 12.5. The zero-order chi connectivity index (χ0) is 18.5. The molecule has 1 heterocycles. The van der Waals surface area contributed by atoms with Gasteiger partial charge in [0.25, 0.3) is 0 Å². The fourth-order valence-corrected chi connectivity index (χ4v) is 3.48. The molecule has 5 nitrogen and oxygen atoms in total. The Labute approximate surface area is 158 Å². The van der Waals surface area contributed by atoms with E-state index in [2.05, 4.69) is 10.2 Å². The first-order valence-electron chi connectivity index (χ1n) is 8.53. The van der Waals surface area contributed by atoms with Crippen LogP contribution in [0, 0.1) is 20.8 Å². The van der Waals surface area contributed by atoms with Crippen LogP contribution in [0.4, 0.5) is 0 Å². The molecular weight excluding hydrogens is 346 g/mol. The summed E-state index contributed by atoms with van der Waals surface area (Å²) in [4.78, 5) is 0. The van der Waals surface area contributed by atoms with E-state index in [4.69, 9.17) is 4.74 Å². The predicted octanol–water partition coefficient (Wildman–Crippen LogP) is 3.72. The van der Waals surface area contributed by atoms with E-state index in [1.165, 1.54) is 11.8 Å². The van der Waals surface area contributed by atoms with Crippen molar-refractivity contribution >= 4 is 11.8 Å². The summed E-state index contributed by atoms with van der Waals surface area (Å²) in [6.45, 7) is 6.19. The minimum absolute atomic E-state index is 0.246. The van der Waals surface area contributed by atoms with Crippen molar-refractivity contribution in [1.29, 1.82) is 0 Å². The van der Waals surface area contributed by atoms with Crippen LogP contribution in [-0.2, 0) is 0 Å². The number of aliphatic hydroxyl groups is 1. The highest BCUT2D eigenvalue weighted by atomic mass is 32.2. The van der Waals surface area contributed by atoms with Crippen molar-refractivity contribution in [3.8, 4) is 11.4 Å². The molecule has 3 aromatic rings. The van der Waals surface area contributed by atoms with Crippen molar-refractivity contribution in [1.82, 2.24) is 14.8 Å². The second-order valence-corrected chi connectivity index (χ2v) is 7.23. The third-order valence-electron chi connectivity index (χ3n) is 3.99. The monoisotopic (exact) mass is 369 g/mol. The van der Waals surface area contributed by atoms with Gasteiger partial charge < -0.3 is 9.84 Å². The smallest absolute Gasteiger partial charge is 0.195 e. The van der Waals surface area contributed by atoms with E-state index in [9.17, 15) is 5.11 Å². The van der Waals surface area contributed by atoms with Crippen LogP contribution in [0.3, 0.4) is 0 Å². The first kappa shape index (κ1) is 18.5. The minimum Gasteiger partial charge on any atom is -0.491 e. The molecule has 1 atom stereocenters. The number of aromatic nitrogens is 3. The van der Waals surface area contributed by atoms with Crippen LogP contribution < -0.4 is 4.74 Å². The van der Waals surface area contributed by atoms with Crippen molar-refractivity contribution < 1.29 is 9.84 Å². The second-order valence-electron chi connectivity index (χ2n) is 6.25. The van der Waals surface area contributed by atoms with Gasteiger partial charge in [0.15, 0.2) is 5.16 Å². The third kappa shape index (κ3) is 4.45. The molecule has 0 fully saturated rings. The molecule has 0 saturated carbocycles. The van der Waals surface area contributed by atoms with E-state index in [0.717, 1.165) is 33.5 Å². The topological polar surface area (TPSA) is 60.2 Å². The van der Waals surface area contributed by atoms with Crippen LogP contribution >= 0.6 is 11.8 Å². The Morgan fingerprint density at radius 1 is 1.08 bits per heavy atom. The van der Waals surface area contributed by atoms with Crippen LogP contribution in [0.5, 0.6) is 5.75 Å². The van der Waals surface area contributed by atoms with Crippen LogP contribution in [-0.4, -0.2) is 38.3 Å². The molecule has 0 saturated heterocycles. The number of thioether (sulfide) groups is 1. The molecular formula is C20H23N3O2S. The molecule has 1 unspecified atom stereocenters. The third-order valence-corrected chi connectivity index (χ3v) is 5.06. The lowest BCUT2D eigenvalue weighted by Gasteiger charge is -2.14. The number of nitrogens with zero attached hydrogens (tertiary/aromatic N) is 3. The van der Waals surface area contributed by atoms with Gasteiger partial charge in [0.05, 0.1) is 6.10 Å². The number of para-hydroxylation sites is 1. The van der Waals surface area contributed by atoms with Gasteiger partial charge in [-0.2, -0.15) is 0 Å². The maximum atomic E-state index is 10.3. The van der Waals surface area contributed by atoms with Crippen LogP contribution in [0.2, 0.25) is 0 Å². The van der Waals surface area contributed by atoms with Crippen molar-refractivity contribution in [2.24, 2.45) is 0 Å². The van der Waals surface area contributed by atoms with Gasteiger partial charge in [-0.25, -0.2) is 0 Å². The van der Waals surface area contributed by atoms with Crippen molar-refractivity contribution in [2.45, 2.75) is 32.0 Å². The van der Waals surface area contributed by atoms with Gasteiger partial charge in [-0.15, -0.1) is 10.2 Å². The summed E-state index contributed by atoms with van der Waals surface area (Å²) in [7, 11) is 0. The number of rotatable bonds is 7. The van der Waals surface area contributed by atoms with Crippen LogP contribution in [0.15, 0.2) is 53.7 Å². The highest BCUT2D eigenvalue weighted by Gasteiger charge is 2.14. The standard InChI is InChI=1S/C20H23N3O2S/c1-14-9-10-15(2)19(11-14)25-12-18(24)13-26-20-22-21-16(3)23(20)17-7-5-4-6-8-17/h4-11,18,24H,12-13H2,1-3H3. The van der Waals surface area contributed by atoms with Crippen LogP contribution in [0.1, 0.15) is 17.0 Å². The molecule has 136 valence electrons. The fraction of sp³-hybridized carbons (Fsp3) is 0.300. The van der Waals surface area contributed by atoms with Gasteiger partial charge in [-0.3, -0.25) is 4.57 Å². The Morgan fingerprint density at radius 2 is 1.85 bits per heavy atom. The zero-order valence-corrected chi connectivity index (χ0v) is 16.0. The summed E-state index contributed by atoms with van der Waals surface area (Å²) in [5.74, 6) is 2.12. The molecule has 26 heavy (non-hydrogen) atoms. The lowest BCUT2D eigenvalue weighted by molar-refractivity contribution is 0.126. The Morgan fingerprint density at radius 3 is 2.62 bits per heavy atom. The number of hydrogen-bond donors (Lipinski definition) is 1. The molecule has 1 aromatic heterocycles. The Hall–Kier alpha value is -2.31. The predicted molar refractivity (Wildman–Crippen MR) is 104 cm³/mol. The maximum Gasteiger partial charge on any atom is 0.195 e. The first-order valence-corrected chi connectivity index (χ1v) is 9.51. The molecule has 0 spiro atoms. The molecule has 3 rings (SSSR count). The summed E-state index contributed by atoms with van der Waals surface area (Å²) >= 11 is 1.47. The molecule has 0 aliphatic heterocycles. The maximum absolute atomic E-state index is 10.3. The van der Waals surface area contributed by atoms with E-state index in [1.807, 2.05) is 73.9 Å². The number of aliphatic hydroxyl groups excluding tert-OH is 1. The van der Waals surface area contributed by atoms with E-state index < -0.39 is 6.10 Å². The average Bonchev–Trinajstić information content (AvgIpc) is 3.02. The van der Waals surface area contributed by atoms with Crippen molar-refractivity contribution in [3.05, 3.63) is 65.5 Å². The van der Waals surface area contributed by atoms with Gasteiger partial charge >= 0.3 is 0 Å². The van der Waals surface area contributed by atoms with E-state index in [1.54, 1.807) is 0 Å². The molecule has 6 heteroatoms. The molecule has 0 radical (unpaired) electrons. The summed E-state index contributed by atoms with van der Waals surface area (Å²) in [6.07, 6.45) is -0.596. The highest BCUT2D eigenvalue weighted by Crippen LogP contribution is 2.23. The molecule has 0 amide bonds. The van der Waals surface area contributed by atoms with E-state index in [-0.39, 0.29) is 6.61 Å². The summed E-state index contributed by atoms with van der Waals surface area (Å²) in [6, 6.07) is 16.0. The number of aryl methyl sites for hydroxylation is 3. The van der Waals surface area contributed by atoms with Crippen molar-refractivity contribution in [2.75, 3.05) is 12.4 Å². The molecule has 2 aromatic carbocycles. The minimum atomic E-state index is -0.596. The quantitative estimate of drug-likeness (QED) is 0.643. The molecule has 0 aliphatic rings. The lowest BCUT2D eigenvalue weighted by atomic mass is 10.1. The van der Waals surface area contributed by atoms with Gasteiger partial charge in [-0.1, -0.05) is 42.1 Å². The average molecular weight is 369 g/mol. The van der Waals surface area contributed by atoms with Gasteiger partial charge in [-0.05, 0) is 50.1 Å². The van der Waals surface area contributed by atoms with E-state index in [0.29, 0.717) is 5.75 Å². The fourth-order valence-electron chi connectivity index (χ4n) is 2.58. The normalized spacial score (nSPS) is 12.2. The number of ether oxygens (including phenoxy) is 1. The Bertz CT molecular complexity index is 865. The molecule has 0 aliphatic carbocycles. The zero-order valence-electron chi connectivity index (χ0n) is 15.2. The van der Waals surface area contributed by atoms with Gasteiger partial charge in [0.1, 0.15) is 18.2 Å². The second kappa shape index (κ2) is 8.38. The summed E-state index contributed by atoms with van der Waals surface area (Å²) in [5, 5.41) is 19.5. The SMILES string of the molecule is Cc1ccc(C)c(OCC(O)CSc2nnc(C)n2-c2ccccc2)c1. The van der Waals surface area contributed by atoms with Gasteiger partial charge in [0.2, 0.25) is 0 Å². The summed E-state index contributed by atoms with van der Waals surface area (Å²) < 4.78 is 7.77. The lowest BCUT2D eigenvalue weighted by Crippen LogP contribution is -2.20. The molecule has 0 bridgehead atoms. The van der Waals surface area contributed by atoms with E-state index >= 15 is 0 Å². The van der Waals surface area contributed by atoms with Crippen LogP contribution in [0.25, 0.3) is 5.69 Å². The largest absolute Gasteiger partial charge is 0.491 e. The summed E-state index contributed by atoms with van der Waals surface area (Å²) in [5.41, 5.74) is 3.22. The Kier molecular flexibility index (Phi) is 5.96. The highest BCUT2D eigenvalue weighted by molar-refractivity contribution is 7.99. The number of benzene rings is 2. The molecule has 1 N–H and O–H groups in total.